The highest BCUT2D eigenvalue weighted by molar-refractivity contribution is 6.06. The third kappa shape index (κ3) is 2.73. The molecule has 0 aromatic rings. The zero-order chi connectivity index (χ0) is 25.2. The van der Waals surface area contributed by atoms with E-state index in [2.05, 4.69) is 46.8 Å². The van der Waals surface area contributed by atoms with E-state index in [4.69, 9.17) is 0 Å². The lowest BCUT2D eigenvalue weighted by Crippen LogP contribution is -2.65. The fraction of sp³-hybridized carbons (Fsp3) is 0.806. The molecule has 0 heterocycles. The predicted octanol–water partition coefficient (Wildman–Crippen LogP) is 5.74. The third-order valence-electron chi connectivity index (χ3n) is 13.0. The van der Waals surface area contributed by atoms with E-state index in [1.807, 2.05) is 6.08 Å². The predicted molar refractivity (Wildman–Crippen MR) is 135 cm³/mol. The van der Waals surface area contributed by atoms with Crippen molar-refractivity contribution >= 4 is 5.78 Å². The Labute approximate surface area is 210 Å². The Morgan fingerprint density at radius 2 is 1.71 bits per heavy atom. The van der Waals surface area contributed by atoms with Crippen molar-refractivity contribution in [1.82, 2.24) is 0 Å². The van der Waals surface area contributed by atoms with Crippen LogP contribution in [0, 0.1) is 61.6 Å². The van der Waals surface area contributed by atoms with Gasteiger partial charge in [0.15, 0.2) is 5.78 Å². The Hall–Kier alpha value is -1.44. The standard InChI is InChI=1S/C31H43NO3/c1-26(2)8-10-30(18-33)11-9-29(5)24(20(30)16-26)21(34)14-23-27(3)15-19(17-32)25(35)31(12-13-31)22(27)6-7-28(23,29)4/h14-15,20-22,24,33-34H,6-13,16,18H2,1-5H3/t20-,21+,22+,24-,27-,28+,29+,30+/m0/s1. The molecule has 6 rings (SSSR count). The van der Waals surface area contributed by atoms with Crippen LogP contribution < -0.4 is 0 Å². The molecular formula is C31H43NO3. The highest BCUT2D eigenvalue weighted by atomic mass is 16.3. The molecule has 190 valence electrons. The second kappa shape index (κ2) is 6.90. The SMILES string of the molecule is CC1(C)CC[C@]2(CO)CC[C@]3(C)[C@H]([C@H](O)C=C4[C@@]5(C)C=C(C#N)C(=O)C6(CC6)[C@@H]5CC[C@]43C)[C@@H]2C1. The van der Waals surface area contributed by atoms with Crippen LogP contribution in [0.3, 0.4) is 0 Å². The van der Waals surface area contributed by atoms with E-state index in [1.54, 1.807) is 0 Å². The van der Waals surface area contributed by atoms with E-state index in [0.717, 1.165) is 57.8 Å². The quantitative estimate of drug-likeness (QED) is 0.472. The molecule has 4 saturated carbocycles. The van der Waals surface area contributed by atoms with Crippen molar-refractivity contribution in [2.45, 2.75) is 98.5 Å². The first kappa shape index (κ1) is 23.9. The zero-order valence-corrected chi connectivity index (χ0v) is 22.3. The molecule has 4 nitrogen and oxygen atoms in total. The van der Waals surface area contributed by atoms with Gasteiger partial charge in [0.2, 0.25) is 0 Å². The van der Waals surface area contributed by atoms with Crippen molar-refractivity contribution in [2.24, 2.45) is 50.2 Å². The summed E-state index contributed by atoms with van der Waals surface area (Å²) in [4.78, 5) is 13.2. The van der Waals surface area contributed by atoms with Gasteiger partial charge in [-0.3, -0.25) is 4.79 Å². The fourth-order valence-electron chi connectivity index (χ4n) is 10.7. The molecule has 0 bridgehead atoms. The number of hydrogen-bond donors (Lipinski definition) is 2. The number of nitrogens with zero attached hydrogens (tertiary/aromatic N) is 1. The van der Waals surface area contributed by atoms with Crippen LogP contribution in [0.15, 0.2) is 23.3 Å². The van der Waals surface area contributed by atoms with Gasteiger partial charge in [0.25, 0.3) is 0 Å². The summed E-state index contributed by atoms with van der Waals surface area (Å²) in [7, 11) is 0. The van der Waals surface area contributed by atoms with Crippen molar-refractivity contribution in [2.75, 3.05) is 6.61 Å². The molecule has 8 atom stereocenters. The molecule has 0 unspecified atom stereocenters. The number of fused-ring (bicyclic) bond motifs is 8. The summed E-state index contributed by atoms with van der Waals surface area (Å²) >= 11 is 0. The maximum Gasteiger partial charge on any atom is 0.179 e. The van der Waals surface area contributed by atoms with E-state index in [1.165, 1.54) is 5.57 Å². The van der Waals surface area contributed by atoms with Gasteiger partial charge in [0, 0.05) is 17.4 Å². The van der Waals surface area contributed by atoms with Crippen molar-refractivity contribution in [3.63, 3.8) is 0 Å². The number of ketones is 1. The normalized spacial score (nSPS) is 51.1. The minimum atomic E-state index is -0.560. The molecule has 0 aromatic heterocycles. The molecule has 2 N–H and O–H groups in total. The van der Waals surface area contributed by atoms with E-state index < -0.39 is 6.10 Å². The Kier molecular flexibility index (Phi) is 4.72. The molecule has 0 aliphatic heterocycles. The van der Waals surface area contributed by atoms with Gasteiger partial charge in [-0.15, -0.1) is 0 Å². The minimum absolute atomic E-state index is 0.0713. The summed E-state index contributed by atoms with van der Waals surface area (Å²) in [5.41, 5.74) is 0.865. The summed E-state index contributed by atoms with van der Waals surface area (Å²) in [5.74, 6) is 0.719. The number of carbonyl (C=O) groups excluding carboxylic acids is 1. The first-order valence-corrected chi connectivity index (χ1v) is 14.0. The molecule has 0 amide bonds. The molecule has 0 aromatic carbocycles. The molecule has 35 heavy (non-hydrogen) atoms. The topological polar surface area (TPSA) is 81.3 Å². The molecule has 0 saturated heterocycles. The molecular weight excluding hydrogens is 434 g/mol. The number of carbonyl (C=O) groups is 1. The van der Waals surface area contributed by atoms with Gasteiger partial charge >= 0.3 is 0 Å². The summed E-state index contributed by atoms with van der Waals surface area (Å²) in [6.45, 7) is 12.0. The average molecular weight is 478 g/mol. The second-order valence-electron chi connectivity index (χ2n) is 14.9. The van der Waals surface area contributed by atoms with E-state index >= 15 is 0 Å². The number of aliphatic hydroxyl groups is 2. The highest BCUT2D eigenvalue weighted by Crippen LogP contribution is 2.77. The van der Waals surface area contributed by atoms with Gasteiger partial charge in [0.1, 0.15) is 6.07 Å². The molecule has 6 aliphatic carbocycles. The Morgan fingerprint density at radius 1 is 1.03 bits per heavy atom. The van der Waals surface area contributed by atoms with Crippen LogP contribution >= 0.6 is 0 Å². The largest absolute Gasteiger partial charge is 0.396 e. The van der Waals surface area contributed by atoms with Crippen LogP contribution in [-0.2, 0) is 4.79 Å². The van der Waals surface area contributed by atoms with Crippen molar-refractivity contribution in [3.8, 4) is 6.07 Å². The van der Waals surface area contributed by atoms with Gasteiger partial charge in [-0.25, -0.2) is 0 Å². The van der Waals surface area contributed by atoms with Crippen molar-refractivity contribution in [1.29, 1.82) is 5.26 Å². The molecule has 6 aliphatic rings. The number of Topliss-reactive ketones (excluding diaryl/α,β-unsaturated/α-hetero) is 1. The van der Waals surface area contributed by atoms with E-state index in [0.29, 0.717) is 11.5 Å². The highest BCUT2D eigenvalue weighted by Gasteiger charge is 2.72. The number of aliphatic hydroxyl groups excluding tert-OH is 2. The molecule has 1 spiro atoms. The van der Waals surface area contributed by atoms with Crippen molar-refractivity contribution in [3.05, 3.63) is 23.3 Å². The number of nitriles is 1. The Balaban J connectivity index is 1.51. The van der Waals surface area contributed by atoms with Gasteiger partial charge in [-0.1, -0.05) is 52.3 Å². The maximum absolute atomic E-state index is 13.2. The zero-order valence-electron chi connectivity index (χ0n) is 22.3. The summed E-state index contributed by atoms with van der Waals surface area (Å²) in [5, 5.41) is 32.5. The van der Waals surface area contributed by atoms with Crippen LogP contribution in [0.2, 0.25) is 0 Å². The first-order chi connectivity index (χ1) is 16.3. The van der Waals surface area contributed by atoms with Crippen LogP contribution in [0.25, 0.3) is 0 Å². The lowest BCUT2D eigenvalue weighted by molar-refractivity contribution is -0.194. The lowest BCUT2D eigenvalue weighted by atomic mass is 9.34. The van der Waals surface area contributed by atoms with E-state index in [-0.39, 0.29) is 56.7 Å². The van der Waals surface area contributed by atoms with E-state index in [9.17, 15) is 20.3 Å². The van der Waals surface area contributed by atoms with Gasteiger partial charge in [-0.2, -0.15) is 5.26 Å². The van der Waals surface area contributed by atoms with Crippen LogP contribution in [-0.4, -0.2) is 28.7 Å². The van der Waals surface area contributed by atoms with Crippen LogP contribution in [0.4, 0.5) is 0 Å². The first-order valence-electron chi connectivity index (χ1n) is 14.0. The number of hydrogen-bond acceptors (Lipinski definition) is 4. The summed E-state index contributed by atoms with van der Waals surface area (Å²) < 4.78 is 0. The van der Waals surface area contributed by atoms with Crippen molar-refractivity contribution < 1.29 is 15.0 Å². The van der Waals surface area contributed by atoms with Crippen LogP contribution in [0.1, 0.15) is 92.4 Å². The average Bonchev–Trinajstić information content (AvgIpc) is 3.59. The fourth-order valence-corrected chi connectivity index (χ4v) is 10.7. The number of allylic oxidation sites excluding steroid dienone is 3. The smallest absolute Gasteiger partial charge is 0.179 e. The maximum atomic E-state index is 13.2. The Bertz CT molecular complexity index is 1090. The minimum Gasteiger partial charge on any atom is -0.396 e. The van der Waals surface area contributed by atoms with Crippen LogP contribution in [0.5, 0.6) is 0 Å². The molecule has 4 fully saturated rings. The summed E-state index contributed by atoms with van der Waals surface area (Å²) in [6, 6.07) is 2.25. The second-order valence-corrected chi connectivity index (χ2v) is 14.9. The van der Waals surface area contributed by atoms with Gasteiger partial charge in [-0.05, 0) is 97.2 Å². The summed E-state index contributed by atoms with van der Waals surface area (Å²) in [6.07, 6.45) is 12.7. The lowest BCUT2D eigenvalue weighted by Gasteiger charge is -2.70. The molecule has 4 heteroatoms. The number of rotatable bonds is 1. The third-order valence-corrected chi connectivity index (χ3v) is 13.0. The monoisotopic (exact) mass is 477 g/mol. The van der Waals surface area contributed by atoms with Gasteiger partial charge in [0.05, 0.1) is 11.7 Å². The van der Waals surface area contributed by atoms with Gasteiger partial charge < -0.3 is 10.2 Å². The molecule has 0 radical (unpaired) electrons. The Morgan fingerprint density at radius 3 is 2.34 bits per heavy atom.